The molecule has 0 heterocycles. The third-order valence-corrected chi connectivity index (χ3v) is 11.6. The topological polar surface area (TPSA) is 55.8 Å². The van der Waals surface area contributed by atoms with E-state index in [4.69, 9.17) is 9.47 Å². The van der Waals surface area contributed by atoms with Crippen LogP contribution >= 0.6 is 0 Å². The molecule has 1 unspecified atom stereocenters. The molecule has 0 rings (SSSR count). The van der Waals surface area contributed by atoms with Crippen molar-refractivity contribution in [1.82, 2.24) is 0 Å². The molecule has 0 aromatic heterocycles. The zero-order chi connectivity index (χ0) is 39.8. The molecular formula is C51H100O4. The Kier molecular flexibility index (Phi) is 48.5. The molecule has 0 amide bonds. The van der Waals surface area contributed by atoms with Gasteiger partial charge in [-0.15, -0.1) is 0 Å². The van der Waals surface area contributed by atoms with Gasteiger partial charge in [0.2, 0.25) is 0 Å². The summed E-state index contributed by atoms with van der Waals surface area (Å²) in [4.78, 5) is 12.3. The van der Waals surface area contributed by atoms with Gasteiger partial charge in [0, 0.05) is 13.0 Å². The second-order valence-electron chi connectivity index (χ2n) is 17.2. The second kappa shape index (κ2) is 49.3. The fourth-order valence-corrected chi connectivity index (χ4v) is 7.80. The van der Waals surface area contributed by atoms with E-state index in [1.807, 2.05) is 0 Å². The molecule has 1 N–H and O–H groups in total. The Balaban J connectivity index is 3.35. The number of rotatable bonds is 48. The first-order valence-corrected chi connectivity index (χ1v) is 25.3. The lowest BCUT2D eigenvalue weighted by Crippen LogP contribution is -2.27. The zero-order valence-corrected chi connectivity index (χ0v) is 37.7. The van der Waals surface area contributed by atoms with Crippen LogP contribution in [0.1, 0.15) is 284 Å². The molecule has 0 spiro atoms. The quantitative estimate of drug-likeness (QED) is 0.0380. The van der Waals surface area contributed by atoms with Gasteiger partial charge in [0.15, 0.2) is 0 Å². The molecular weight excluding hydrogens is 677 g/mol. The van der Waals surface area contributed by atoms with Crippen LogP contribution in [0.25, 0.3) is 0 Å². The van der Waals surface area contributed by atoms with Crippen molar-refractivity contribution in [3.05, 3.63) is 12.2 Å². The van der Waals surface area contributed by atoms with Gasteiger partial charge >= 0.3 is 5.97 Å². The summed E-state index contributed by atoms with van der Waals surface area (Å²) in [5.74, 6) is -0.194. The molecule has 0 aliphatic carbocycles. The van der Waals surface area contributed by atoms with Crippen molar-refractivity contribution in [1.29, 1.82) is 0 Å². The Bertz CT molecular complexity index is 736. The number of aliphatic hydroxyl groups excluding tert-OH is 1. The second-order valence-corrected chi connectivity index (χ2v) is 17.2. The molecule has 0 aromatic carbocycles. The fraction of sp³-hybridized carbons (Fsp3) is 0.941. The van der Waals surface area contributed by atoms with Gasteiger partial charge in [-0.3, -0.25) is 4.79 Å². The van der Waals surface area contributed by atoms with Crippen LogP contribution in [0.4, 0.5) is 0 Å². The van der Waals surface area contributed by atoms with Crippen LogP contribution < -0.4 is 0 Å². The summed E-state index contributed by atoms with van der Waals surface area (Å²) in [7, 11) is 0. The predicted molar refractivity (Wildman–Crippen MR) is 242 cm³/mol. The Hall–Kier alpha value is -0.870. The van der Waals surface area contributed by atoms with Crippen molar-refractivity contribution in [3.63, 3.8) is 0 Å². The summed E-state index contributed by atoms with van der Waals surface area (Å²) in [5, 5.41) is 9.64. The maximum absolute atomic E-state index is 12.3. The first kappa shape index (κ1) is 54.1. The molecule has 55 heavy (non-hydrogen) atoms. The number of carbonyl (C=O) groups is 1. The van der Waals surface area contributed by atoms with E-state index in [-0.39, 0.29) is 12.6 Å². The summed E-state index contributed by atoms with van der Waals surface area (Å²) in [6.07, 6.45) is 60.2. The van der Waals surface area contributed by atoms with Gasteiger partial charge in [-0.1, -0.05) is 251 Å². The van der Waals surface area contributed by atoms with E-state index in [0.717, 1.165) is 19.3 Å². The molecule has 0 saturated carbocycles. The van der Waals surface area contributed by atoms with Crippen LogP contribution in [0.5, 0.6) is 0 Å². The first-order valence-electron chi connectivity index (χ1n) is 25.3. The van der Waals surface area contributed by atoms with Crippen LogP contribution in [0, 0.1) is 0 Å². The van der Waals surface area contributed by atoms with E-state index in [1.165, 1.54) is 244 Å². The largest absolute Gasteiger partial charge is 0.457 e. The van der Waals surface area contributed by atoms with Crippen molar-refractivity contribution in [2.24, 2.45) is 0 Å². The van der Waals surface area contributed by atoms with Crippen molar-refractivity contribution in [3.8, 4) is 0 Å². The summed E-state index contributed by atoms with van der Waals surface area (Å²) in [6, 6.07) is 0. The van der Waals surface area contributed by atoms with Gasteiger partial charge in [-0.25, -0.2) is 0 Å². The van der Waals surface area contributed by atoms with Crippen LogP contribution in [0.3, 0.4) is 0 Å². The Morgan fingerprint density at radius 2 is 0.709 bits per heavy atom. The average Bonchev–Trinajstić information content (AvgIpc) is 3.19. The van der Waals surface area contributed by atoms with Crippen LogP contribution in [0.2, 0.25) is 0 Å². The van der Waals surface area contributed by atoms with Gasteiger partial charge in [0.05, 0.1) is 13.2 Å². The predicted octanol–water partition coefficient (Wildman–Crippen LogP) is 16.9. The molecule has 0 aliphatic rings. The Morgan fingerprint density at radius 3 is 1.04 bits per heavy atom. The van der Waals surface area contributed by atoms with Gasteiger partial charge in [-0.2, -0.15) is 0 Å². The minimum Gasteiger partial charge on any atom is -0.457 e. The van der Waals surface area contributed by atoms with Crippen LogP contribution in [0.15, 0.2) is 12.2 Å². The van der Waals surface area contributed by atoms with Gasteiger partial charge in [0.1, 0.15) is 6.10 Å². The highest BCUT2D eigenvalue weighted by molar-refractivity contribution is 5.69. The maximum Gasteiger partial charge on any atom is 0.306 e. The lowest BCUT2D eigenvalue weighted by molar-refractivity contribution is -0.154. The highest BCUT2D eigenvalue weighted by atomic mass is 16.6. The van der Waals surface area contributed by atoms with Crippen molar-refractivity contribution < 1.29 is 19.4 Å². The van der Waals surface area contributed by atoms with Gasteiger partial charge < -0.3 is 14.6 Å². The van der Waals surface area contributed by atoms with E-state index >= 15 is 0 Å². The van der Waals surface area contributed by atoms with Crippen molar-refractivity contribution in [2.45, 2.75) is 290 Å². The molecule has 4 heteroatoms. The number of hydrogen-bond acceptors (Lipinski definition) is 4. The van der Waals surface area contributed by atoms with Gasteiger partial charge in [-0.05, 0) is 38.5 Å². The van der Waals surface area contributed by atoms with Gasteiger partial charge in [0.25, 0.3) is 0 Å². The summed E-state index contributed by atoms with van der Waals surface area (Å²) >= 11 is 0. The monoisotopic (exact) mass is 777 g/mol. The van der Waals surface area contributed by atoms with Crippen molar-refractivity contribution in [2.75, 3.05) is 19.8 Å². The van der Waals surface area contributed by atoms with Crippen molar-refractivity contribution >= 4 is 5.97 Å². The molecule has 0 saturated heterocycles. The zero-order valence-electron chi connectivity index (χ0n) is 37.7. The standard InChI is InChI=1S/C51H100O4/c1-3-5-7-9-11-13-15-17-19-21-23-25-26-27-28-30-32-34-36-38-40-42-44-46-51(53)55-50(48-52)49-54-47-45-43-41-39-37-35-33-31-29-24-22-20-18-16-14-12-10-8-6-4-2/h21,23,50,52H,3-20,22,24-49H2,1-2H3/b23-21-. The number of carbonyl (C=O) groups excluding carboxylic acids is 1. The molecule has 0 aromatic rings. The number of ether oxygens (including phenoxy) is 2. The highest BCUT2D eigenvalue weighted by Gasteiger charge is 2.13. The highest BCUT2D eigenvalue weighted by Crippen LogP contribution is 2.16. The van der Waals surface area contributed by atoms with Crippen LogP contribution in [-0.2, 0) is 14.3 Å². The molecule has 0 fully saturated rings. The third kappa shape index (κ3) is 47.4. The minimum absolute atomic E-state index is 0.165. The maximum atomic E-state index is 12.3. The Morgan fingerprint density at radius 1 is 0.418 bits per heavy atom. The SMILES string of the molecule is CCCCCCCCCC/C=C\CCCCCCCCCCCCCC(=O)OC(CO)COCCCCCCCCCCCCCCCCCCCCCC. The Labute approximate surface area is 345 Å². The summed E-state index contributed by atoms with van der Waals surface area (Å²) < 4.78 is 11.2. The normalized spacial score (nSPS) is 12.3. The summed E-state index contributed by atoms with van der Waals surface area (Å²) in [6.45, 7) is 5.41. The summed E-state index contributed by atoms with van der Waals surface area (Å²) in [5.41, 5.74) is 0. The fourth-order valence-electron chi connectivity index (χ4n) is 7.80. The molecule has 328 valence electrons. The number of allylic oxidation sites excluding steroid dienone is 2. The first-order chi connectivity index (χ1) is 27.2. The van der Waals surface area contributed by atoms with Crippen LogP contribution in [-0.4, -0.2) is 37.0 Å². The molecule has 1 atom stereocenters. The number of esters is 1. The molecule has 0 bridgehead atoms. The number of unbranched alkanes of at least 4 members (excludes halogenated alkanes) is 38. The van der Waals surface area contributed by atoms with E-state index < -0.39 is 6.10 Å². The van der Waals surface area contributed by atoms with E-state index in [0.29, 0.717) is 19.6 Å². The molecule has 0 radical (unpaired) electrons. The number of aliphatic hydroxyl groups is 1. The minimum atomic E-state index is -0.529. The molecule has 4 nitrogen and oxygen atoms in total. The van der Waals surface area contributed by atoms with E-state index in [2.05, 4.69) is 26.0 Å². The smallest absolute Gasteiger partial charge is 0.306 e. The third-order valence-electron chi connectivity index (χ3n) is 11.6. The average molecular weight is 777 g/mol. The number of hydrogen-bond donors (Lipinski definition) is 1. The van der Waals surface area contributed by atoms with E-state index in [9.17, 15) is 9.90 Å². The lowest BCUT2D eigenvalue weighted by atomic mass is 10.0. The van der Waals surface area contributed by atoms with E-state index in [1.54, 1.807) is 0 Å². The lowest BCUT2D eigenvalue weighted by Gasteiger charge is -2.16. The molecule has 0 aliphatic heterocycles.